The van der Waals surface area contributed by atoms with E-state index < -0.39 is 0 Å². The molecule has 0 spiro atoms. The van der Waals surface area contributed by atoms with Crippen LogP contribution in [0, 0.1) is 0 Å². The van der Waals surface area contributed by atoms with Crippen LogP contribution in [0.15, 0.2) is 11.6 Å². The molecule has 0 unspecified atom stereocenters. The average Bonchev–Trinajstić information content (AvgIpc) is 2.70. The maximum atomic E-state index is 11.7. The van der Waals surface area contributed by atoms with Crippen molar-refractivity contribution in [2.24, 2.45) is 5.73 Å². The minimum Gasteiger partial charge on any atom is -0.345 e. The van der Waals surface area contributed by atoms with Gasteiger partial charge in [-0.2, -0.15) is 0 Å². The Morgan fingerprint density at radius 2 is 2.31 bits per heavy atom. The van der Waals surface area contributed by atoms with E-state index in [-0.39, 0.29) is 11.4 Å². The molecule has 1 rings (SSSR count). The molecule has 0 aliphatic carbocycles. The first-order valence-electron chi connectivity index (χ1n) is 5.47. The van der Waals surface area contributed by atoms with Gasteiger partial charge >= 0.3 is 0 Å². The van der Waals surface area contributed by atoms with E-state index in [9.17, 15) is 4.79 Å². The molecule has 0 aromatic carbocycles. The fraction of sp³-hybridized carbons (Fsp3) is 0.636. The van der Waals surface area contributed by atoms with Crippen molar-refractivity contribution in [3.63, 3.8) is 0 Å². The molecule has 90 valence electrons. The highest BCUT2D eigenvalue weighted by Gasteiger charge is 2.24. The van der Waals surface area contributed by atoms with E-state index in [1.54, 1.807) is 17.5 Å². The summed E-state index contributed by atoms with van der Waals surface area (Å²) >= 11 is 1.55. The van der Waals surface area contributed by atoms with Gasteiger partial charge in [0.15, 0.2) is 0 Å². The predicted octanol–water partition coefficient (Wildman–Crippen LogP) is 1.62. The van der Waals surface area contributed by atoms with Crippen LogP contribution in [-0.4, -0.2) is 17.4 Å². The minimum atomic E-state index is -0.381. The van der Waals surface area contributed by atoms with Crippen LogP contribution in [0.4, 0.5) is 0 Å². The third kappa shape index (κ3) is 3.90. The monoisotopic (exact) mass is 241 g/mol. The van der Waals surface area contributed by atoms with E-state index in [1.165, 1.54) is 0 Å². The highest BCUT2D eigenvalue weighted by molar-refractivity contribution is 7.09. The molecule has 0 atom stereocenters. The second-order valence-corrected chi connectivity index (χ2v) is 5.15. The van der Waals surface area contributed by atoms with Crippen molar-refractivity contribution in [3.8, 4) is 0 Å². The number of rotatable bonds is 6. The number of thiazole rings is 1. The van der Waals surface area contributed by atoms with Gasteiger partial charge in [-0.25, -0.2) is 4.98 Å². The van der Waals surface area contributed by atoms with E-state index in [4.69, 9.17) is 5.73 Å². The molecule has 1 aromatic heterocycles. The standard InChI is InChI=1S/C11H19N3OS/c1-11(2,10-13-7-8-16-10)14-9(15)5-3-4-6-12/h7-8H,3-6,12H2,1-2H3,(H,14,15). The predicted molar refractivity (Wildman–Crippen MR) is 66.2 cm³/mol. The van der Waals surface area contributed by atoms with Crippen molar-refractivity contribution in [2.45, 2.75) is 38.6 Å². The number of nitrogens with one attached hydrogen (secondary N) is 1. The molecule has 0 aliphatic rings. The van der Waals surface area contributed by atoms with Gasteiger partial charge in [-0.3, -0.25) is 4.79 Å². The quantitative estimate of drug-likeness (QED) is 0.744. The van der Waals surface area contributed by atoms with Gasteiger partial charge in [-0.1, -0.05) is 0 Å². The number of carbonyl (C=O) groups excluding carboxylic acids is 1. The molecule has 0 aliphatic heterocycles. The Hall–Kier alpha value is -0.940. The summed E-state index contributed by atoms with van der Waals surface area (Å²) < 4.78 is 0. The Labute approximate surface area is 100 Å². The van der Waals surface area contributed by atoms with Gasteiger partial charge in [-0.05, 0) is 33.2 Å². The Kier molecular flexibility index (Phi) is 4.89. The van der Waals surface area contributed by atoms with Crippen LogP contribution in [0.5, 0.6) is 0 Å². The maximum Gasteiger partial charge on any atom is 0.220 e. The molecule has 0 saturated heterocycles. The van der Waals surface area contributed by atoms with Crippen LogP contribution in [0.2, 0.25) is 0 Å². The largest absolute Gasteiger partial charge is 0.345 e. The van der Waals surface area contributed by atoms with E-state index in [0.29, 0.717) is 13.0 Å². The van der Waals surface area contributed by atoms with Gasteiger partial charge in [0.05, 0.1) is 5.54 Å². The minimum absolute atomic E-state index is 0.0636. The summed E-state index contributed by atoms with van der Waals surface area (Å²) in [5, 5.41) is 5.83. The van der Waals surface area contributed by atoms with E-state index in [1.807, 2.05) is 19.2 Å². The lowest BCUT2D eigenvalue weighted by atomic mass is 10.1. The number of carbonyl (C=O) groups is 1. The van der Waals surface area contributed by atoms with Crippen LogP contribution in [-0.2, 0) is 10.3 Å². The lowest BCUT2D eigenvalue weighted by Gasteiger charge is -2.23. The Morgan fingerprint density at radius 3 is 2.88 bits per heavy atom. The van der Waals surface area contributed by atoms with Crippen LogP contribution < -0.4 is 11.1 Å². The second kappa shape index (κ2) is 5.96. The molecule has 0 fully saturated rings. The average molecular weight is 241 g/mol. The Balaban J connectivity index is 2.43. The number of unbranched alkanes of at least 4 members (excludes halogenated alkanes) is 1. The second-order valence-electron chi connectivity index (χ2n) is 4.26. The van der Waals surface area contributed by atoms with Crippen molar-refractivity contribution < 1.29 is 4.79 Å². The third-order valence-electron chi connectivity index (χ3n) is 2.28. The molecule has 0 radical (unpaired) electrons. The fourth-order valence-corrected chi connectivity index (χ4v) is 2.14. The number of amides is 1. The van der Waals surface area contributed by atoms with Gasteiger partial charge in [0.2, 0.25) is 5.91 Å². The summed E-state index contributed by atoms with van der Waals surface area (Å²) in [5.74, 6) is 0.0636. The molecule has 0 bridgehead atoms. The molecule has 3 N–H and O–H groups in total. The first-order chi connectivity index (χ1) is 7.56. The van der Waals surface area contributed by atoms with Crippen LogP contribution in [0.1, 0.15) is 38.1 Å². The third-order valence-corrected chi connectivity index (χ3v) is 3.37. The van der Waals surface area contributed by atoms with E-state index in [0.717, 1.165) is 17.8 Å². The molecule has 0 saturated carbocycles. The van der Waals surface area contributed by atoms with Crippen LogP contribution >= 0.6 is 11.3 Å². The van der Waals surface area contributed by atoms with Crippen molar-refractivity contribution in [1.82, 2.24) is 10.3 Å². The number of aromatic nitrogens is 1. The molecule has 1 heterocycles. The summed E-state index contributed by atoms with van der Waals surface area (Å²) in [6.45, 7) is 4.57. The number of hydrogen-bond donors (Lipinski definition) is 2. The lowest BCUT2D eigenvalue weighted by Crippen LogP contribution is -2.40. The molecule has 1 amide bonds. The van der Waals surface area contributed by atoms with Gasteiger partial charge in [-0.15, -0.1) is 11.3 Å². The topological polar surface area (TPSA) is 68.0 Å². The van der Waals surface area contributed by atoms with Crippen molar-refractivity contribution in [1.29, 1.82) is 0 Å². The Bertz CT molecular complexity index is 322. The summed E-state index contributed by atoms with van der Waals surface area (Å²) in [6, 6.07) is 0. The number of nitrogens with two attached hydrogens (primary N) is 1. The molecule has 5 heteroatoms. The van der Waals surface area contributed by atoms with Crippen molar-refractivity contribution >= 4 is 17.2 Å². The molecular weight excluding hydrogens is 222 g/mol. The van der Waals surface area contributed by atoms with Gasteiger partial charge in [0.1, 0.15) is 5.01 Å². The molecular formula is C11H19N3OS. The number of nitrogens with zero attached hydrogens (tertiary/aromatic N) is 1. The normalized spacial score (nSPS) is 11.4. The number of hydrogen-bond acceptors (Lipinski definition) is 4. The zero-order chi connectivity index (χ0) is 12.0. The molecule has 16 heavy (non-hydrogen) atoms. The van der Waals surface area contributed by atoms with Gasteiger partial charge in [0.25, 0.3) is 0 Å². The van der Waals surface area contributed by atoms with Gasteiger partial charge < -0.3 is 11.1 Å². The van der Waals surface area contributed by atoms with Crippen LogP contribution in [0.3, 0.4) is 0 Å². The molecule has 4 nitrogen and oxygen atoms in total. The lowest BCUT2D eigenvalue weighted by molar-refractivity contribution is -0.122. The fourth-order valence-electron chi connectivity index (χ4n) is 1.43. The first kappa shape index (κ1) is 13.1. The summed E-state index contributed by atoms with van der Waals surface area (Å²) in [5.41, 5.74) is 5.00. The van der Waals surface area contributed by atoms with E-state index in [2.05, 4.69) is 10.3 Å². The van der Waals surface area contributed by atoms with Crippen molar-refractivity contribution in [2.75, 3.05) is 6.54 Å². The smallest absolute Gasteiger partial charge is 0.220 e. The highest BCUT2D eigenvalue weighted by Crippen LogP contribution is 2.22. The van der Waals surface area contributed by atoms with E-state index >= 15 is 0 Å². The zero-order valence-electron chi connectivity index (χ0n) is 9.82. The van der Waals surface area contributed by atoms with Crippen LogP contribution in [0.25, 0.3) is 0 Å². The highest BCUT2D eigenvalue weighted by atomic mass is 32.1. The maximum absolute atomic E-state index is 11.7. The van der Waals surface area contributed by atoms with Gasteiger partial charge in [0, 0.05) is 18.0 Å². The summed E-state index contributed by atoms with van der Waals surface area (Å²) in [7, 11) is 0. The Morgan fingerprint density at radius 1 is 1.56 bits per heavy atom. The summed E-state index contributed by atoms with van der Waals surface area (Å²) in [6.07, 6.45) is 4.02. The summed E-state index contributed by atoms with van der Waals surface area (Å²) in [4.78, 5) is 15.9. The first-order valence-corrected chi connectivity index (χ1v) is 6.35. The SMILES string of the molecule is CC(C)(NC(=O)CCCCN)c1nccs1. The zero-order valence-corrected chi connectivity index (χ0v) is 10.6. The molecule has 1 aromatic rings. The van der Waals surface area contributed by atoms with Crippen molar-refractivity contribution in [3.05, 3.63) is 16.6 Å².